The second-order valence-corrected chi connectivity index (χ2v) is 15.8. The van der Waals surface area contributed by atoms with Gasteiger partial charge in [0.05, 0.1) is 34.9 Å². The zero-order valence-corrected chi connectivity index (χ0v) is 36.8. The average molecular weight is 920 g/mol. The van der Waals surface area contributed by atoms with Gasteiger partial charge in [0.2, 0.25) is 0 Å². The Morgan fingerprint density at radius 1 is 0.421 bits per heavy atom. The van der Waals surface area contributed by atoms with E-state index in [4.69, 9.17) is 21.5 Å². The number of rotatable bonds is 3. The molecule has 0 saturated heterocycles. The third-order valence-corrected chi connectivity index (χ3v) is 10.7. The van der Waals surface area contributed by atoms with Gasteiger partial charge >= 0.3 is 0 Å². The van der Waals surface area contributed by atoms with Gasteiger partial charge in [0.15, 0.2) is 0 Å². The first-order chi connectivity index (χ1) is 27.3. The van der Waals surface area contributed by atoms with Crippen LogP contribution >= 0.6 is 38.5 Å². The normalized spacial score (nSPS) is 9.77. The van der Waals surface area contributed by atoms with Crippen molar-refractivity contribution >= 4 is 44.2 Å². The predicted octanol–water partition coefficient (Wildman–Crippen LogP) is 14.2. The van der Waals surface area contributed by atoms with Crippen LogP contribution in [0.3, 0.4) is 0 Å². The minimum Gasteiger partial charge on any atom is -0.399 e. The van der Waals surface area contributed by atoms with Crippen LogP contribution in [0.15, 0.2) is 150 Å². The van der Waals surface area contributed by atoms with Crippen LogP contribution in [0.4, 0.5) is 5.69 Å². The fourth-order valence-electron chi connectivity index (χ4n) is 6.07. The van der Waals surface area contributed by atoms with E-state index in [9.17, 15) is 0 Å². The molecule has 0 spiro atoms. The highest BCUT2D eigenvalue weighted by Gasteiger charge is 2.04. The molecule has 0 aromatic heterocycles. The number of hydrogen-bond acceptors (Lipinski definition) is 4. The molecule has 0 aliphatic rings. The summed E-state index contributed by atoms with van der Waals surface area (Å²) in [6.07, 6.45) is 0. The molecule has 6 heteroatoms. The summed E-state index contributed by atoms with van der Waals surface area (Å²) in [6.45, 7) is 12.5. The first kappa shape index (κ1) is 43.7. The lowest BCUT2D eigenvalue weighted by Crippen LogP contribution is -1.88. The summed E-state index contributed by atoms with van der Waals surface area (Å²) in [7, 11) is 0. The Morgan fingerprint density at radius 3 is 1.12 bits per heavy atom. The molecular weight excluding hydrogens is 875 g/mol. The molecule has 7 aromatic carbocycles. The Bertz CT molecular complexity index is 2320. The van der Waals surface area contributed by atoms with Crippen molar-refractivity contribution in [2.45, 2.75) is 41.5 Å². The van der Waals surface area contributed by atoms with E-state index in [1.807, 2.05) is 97.9 Å². The molecule has 0 amide bonds. The molecule has 0 fully saturated rings. The predicted molar refractivity (Wildman–Crippen MR) is 249 cm³/mol. The zero-order chi connectivity index (χ0) is 41.5. The summed E-state index contributed by atoms with van der Waals surface area (Å²) in [5.74, 6) is 0. The Labute approximate surface area is 360 Å². The largest absolute Gasteiger partial charge is 0.399 e. The second kappa shape index (κ2) is 21.4. The second-order valence-electron chi connectivity index (χ2n) is 13.7. The summed E-state index contributed by atoms with van der Waals surface area (Å²) in [4.78, 5) is 0. The maximum atomic E-state index is 8.74. The standard InChI is InChI=1S/C15H13N.C14H10IN.C14H12N2.C8H9Br/c1-11-3-8-15(12(2)9-11)14-6-4-13(10-16)5-7-14;1-10-8-13(15)6-7-14(10)12-4-2-11(9-16)3-5-12;1-10-8-13(16)6-7-14(10)12-4-2-11(9-15)3-5-12;1-6-3-4-8(9)7(2)5-6/h3-9H,1-2H3;2-8H,1H3;2-8H,16H2,1H3;3-5H,1-2H3. The average Bonchev–Trinajstić information content (AvgIpc) is 3.20. The minimum atomic E-state index is 0.678. The first-order valence-corrected chi connectivity index (χ1v) is 20.1. The molecule has 0 aliphatic carbocycles. The molecule has 0 atom stereocenters. The number of nitrogens with two attached hydrogens (primary N) is 1. The first-order valence-electron chi connectivity index (χ1n) is 18.3. The van der Waals surface area contributed by atoms with Crippen LogP contribution in [-0.4, -0.2) is 0 Å². The summed E-state index contributed by atoms with van der Waals surface area (Å²) in [5.41, 5.74) is 23.2. The van der Waals surface area contributed by atoms with E-state index in [1.54, 1.807) is 0 Å². The van der Waals surface area contributed by atoms with Crippen molar-refractivity contribution in [2.75, 3.05) is 5.73 Å². The van der Waals surface area contributed by atoms with E-state index in [-0.39, 0.29) is 0 Å². The highest BCUT2D eigenvalue weighted by Crippen LogP contribution is 2.27. The summed E-state index contributed by atoms with van der Waals surface area (Å²) in [6, 6.07) is 54.3. The quantitative estimate of drug-likeness (QED) is 0.141. The van der Waals surface area contributed by atoms with Crippen molar-refractivity contribution in [1.29, 1.82) is 15.8 Å². The molecule has 0 aliphatic heterocycles. The molecule has 0 heterocycles. The number of anilines is 1. The fraction of sp³-hybridized carbons (Fsp3) is 0.118. The van der Waals surface area contributed by atoms with Gasteiger partial charge in [0.25, 0.3) is 0 Å². The topological polar surface area (TPSA) is 97.4 Å². The van der Waals surface area contributed by atoms with Gasteiger partial charge in [-0.15, -0.1) is 0 Å². The summed E-state index contributed by atoms with van der Waals surface area (Å²) in [5, 5.41) is 26.2. The van der Waals surface area contributed by atoms with Gasteiger partial charge in [-0.3, -0.25) is 0 Å². The summed E-state index contributed by atoms with van der Waals surface area (Å²) < 4.78 is 2.43. The molecule has 7 aromatic rings. The van der Waals surface area contributed by atoms with E-state index in [1.165, 1.54) is 47.0 Å². The van der Waals surface area contributed by atoms with E-state index in [0.717, 1.165) is 33.5 Å². The molecule has 0 unspecified atom stereocenters. The lowest BCUT2D eigenvalue weighted by atomic mass is 9.98. The molecule has 7 rings (SSSR count). The van der Waals surface area contributed by atoms with E-state index < -0.39 is 0 Å². The van der Waals surface area contributed by atoms with Gasteiger partial charge in [-0.05, 0) is 186 Å². The van der Waals surface area contributed by atoms with Gasteiger partial charge in [-0.2, -0.15) is 15.8 Å². The van der Waals surface area contributed by atoms with E-state index in [0.29, 0.717) is 16.7 Å². The zero-order valence-electron chi connectivity index (χ0n) is 33.0. The maximum Gasteiger partial charge on any atom is 0.0991 e. The van der Waals surface area contributed by atoms with Gasteiger partial charge in [0.1, 0.15) is 0 Å². The number of nitrogens with zero attached hydrogens (tertiary/aromatic N) is 3. The van der Waals surface area contributed by atoms with E-state index >= 15 is 0 Å². The van der Waals surface area contributed by atoms with Crippen molar-refractivity contribution in [1.82, 2.24) is 0 Å². The highest BCUT2D eigenvalue weighted by atomic mass is 127. The SMILES string of the molecule is Cc1cc(I)ccc1-c1ccc(C#N)cc1.Cc1cc(N)ccc1-c1ccc(C#N)cc1.Cc1ccc(-c2ccc(C#N)cc2)c(C)c1.Cc1ccc(Br)c(C)c1. The molecule has 0 radical (unpaired) electrons. The Morgan fingerprint density at radius 2 is 0.772 bits per heavy atom. The number of benzene rings is 7. The smallest absolute Gasteiger partial charge is 0.0991 e. The van der Waals surface area contributed by atoms with Crippen molar-refractivity contribution in [2.24, 2.45) is 0 Å². The van der Waals surface area contributed by atoms with Crippen LogP contribution in [0, 0.1) is 79.1 Å². The van der Waals surface area contributed by atoms with Crippen LogP contribution in [0.25, 0.3) is 33.4 Å². The molecular formula is C51H44BrIN4. The van der Waals surface area contributed by atoms with Crippen LogP contribution < -0.4 is 5.73 Å². The molecule has 282 valence electrons. The van der Waals surface area contributed by atoms with Crippen LogP contribution in [0.5, 0.6) is 0 Å². The van der Waals surface area contributed by atoms with E-state index in [2.05, 4.69) is 146 Å². The molecule has 0 bridgehead atoms. The van der Waals surface area contributed by atoms with Gasteiger partial charge in [-0.1, -0.05) is 106 Å². The van der Waals surface area contributed by atoms with Crippen molar-refractivity contribution in [3.8, 4) is 51.6 Å². The van der Waals surface area contributed by atoms with Crippen molar-refractivity contribution < 1.29 is 0 Å². The van der Waals surface area contributed by atoms with Crippen molar-refractivity contribution in [3.05, 3.63) is 204 Å². The van der Waals surface area contributed by atoms with Crippen LogP contribution in [0.1, 0.15) is 50.1 Å². The Balaban J connectivity index is 0.000000172. The monoisotopic (exact) mass is 918 g/mol. The van der Waals surface area contributed by atoms with Gasteiger partial charge < -0.3 is 5.73 Å². The third kappa shape index (κ3) is 13.0. The maximum absolute atomic E-state index is 8.74. The molecule has 57 heavy (non-hydrogen) atoms. The third-order valence-electron chi connectivity index (χ3n) is 9.11. The lowest BCUT2D eigenvalue weighted by Gasteiger charge is -2.06. The number of halogens is 2. The van der Waals surface area contributed by atoms with Gasteiger partial charge in [-0.25, -0.2) is 0 Å². The van der Waals surface area contributed by atoms with Crippen LogP contribution in [-0.2, 0) is 0 Å². The molecule has 2 N–H and O–H groups in total. The number of hydrogen-bond donors (Lipinski definition) is 1. The molecule has 4 nitrogen and oxygen atoms in total. The minimum absolute atomic E-state index is 0.678. The fourth-order valence-corrected chi connectivity index (χ4v) is 6.96. The Hall–Kier alpha value is -5.98. The number of nitrogen functional groups attached to an aromatic ring is 1. The number of nitriles is 3. The van der Waals surface area contributed by atoms with Crippen molar-refractivity contribution in [3.63, 3.8) is 0 Å². The van der Waals surface area contributed by atoms with Crippen LogP contribution in [0.2, 0.25) is 0 Å². The molecule has 0 saturated carbocycles. The van der Waals surface area contributed by atoms with Gasteiger partial charge in [0, 0.05) is 13.7 Å². The number of aryl methyl sites for hydroxylation is 6. The lowest BCUT2D eigenvalue weighted by molar-refractivity contribution is 1.36. The highest BCUT2D eigenvalue weighted by molar-refractivity contribution is 14.1. The Kier molecular flexibility index (Phi) is 16.4. The summed E-state index contributed by atoms with van der Waals surface area (Å²) >= 11 is 5.74.